The second kappa shape index (κ2) is 5.44. The molecular weight excluding hydrogens is 235 g/mol. The van der Waals surface area contributed by atoms with Crippen molar-refractivity contribution in [3.8, 4) is 0 Å². The molecular formula is C13H17FN2O2. The average molecular weight is 252 g/mol. The Balaban J connectivity index is 1.97. The Bertz CT molecular complexity index is 447. The first-order chi connectivity index (χ1) is 8.61. The van der Waals surface area contributed by atoms with Crippen LogP contribution < -0.4 is 5.32 Å². The Hall–Kier alpha value is -1.49. The van der Waals surface area contributed by atoms with Crippen molar-refractivity contribution in [2.24, 2.45) is 5.92 Å². The second-order valence-corrected chi connectivity index (χ2v) is 4.81. The average Bonchev–Trinajstić information content (AvgIpc) is 3.14. The molecule has 2 rings (SSSR count). The van der Waals surface area contributed by atoms with E-state index in [0.717, 1.165) is 24.3 Å². The molecule has 0 radical (unpaired) electrons. The first-order valence-electron chi connectivity index (χ1n) is 6.22. The maximum atomic E-state index is 13.4. The molecule has 1 aliphatic rings. The van der Waals surface area contributed by atoms with Crippen molar-refractivity contribution < 1.29 is 9.31 Å². The van der Waals surface area contributed by atoms with Crippen LogP contribution in [0.4, 0.5) is 10.1 Å². The molecule has 0 aliphatic heterocycles. The smallest absolute Gasteiger partial charge is 0.304 e. The van der Waals surface area contributed by atoms with Crippen LogP contribution in [0, 0.1) is 21.8 Å². The lowest BCUT2D eigenvalue weighted by atomic mass is 10.0. The van der Waals surface area contributed by atoms with Crippen molar-refractivity contribution in [1.82, 2.24) is 5.32 Å². The number of hydrogen-bond donors (Lipinski definition) is 1. The largest absolute Gasteiger partial charge is 0.317 e. The highest BCUT2D eigenvalue weighted by Gasteiger charge is 2.29. The lowest BCUT2D eigenvalue weighted by Gasteiger charge is -2.14. The zero-order valence-electron chi connectivity index (χ0n) is 10.4. The van der Waals surface area contributed by atoms with Crippen LogP contribution in [0.1, 0.15) is 24.8 Å². The molecule has 0 saturated heterocycles. The monoisotopic (exact) mass is 252 g/mol. The van der Waals surface area contributed by atoms with E-state index in [1.165, 1.54) is 25.0 Å². The van der Waals surface area contributed by atoms with E-state index < -0.39 is 16.4 Å². The van der Waals surface area contributed by atoms with Crippen LogP contribution in [0.2, 0.25) is 0 Å². The van der Waals surface area contributed by atoms with Gasteiger partial charge in [0.1, 0.15) is 0 Å². The van der Waals surface area contributed by atoms with E-state index in [1.807, 2.05) is 7.05 Å². The number of nitrogens with zero attached hydrogens (tertiary/aromatic N) is 1. The molecule has 0 bridgehead atoms. The maximum Gasteiger partial charge on any atom is 0.304 e. The van der Waals surface area contributed by atoms with E-state index in [2.05, 4.69) is 5.32 Å². The Labute approximate surface area is 105 Å². The molecule has 98 valence electrons. The van der Waals surface area contributed by atoms with E-state index in [0.29, 0.717) is 6.04 Å². The summed E-state index contributed by atoms with van der Waals surface area (Å²) in [6.07, 6.45) is 4.22. The molecule has 1 fully saturated rings. The number of aryl methyl sites for hydroxylation is 1. The van der Waals surface area contributed by atoms with Gasteiger partial charge >= 0.3 is 5.69 Å². The standard InChI is InChI=1S/C13H17FN2O2/c1-15-12(10-4-5-10)6-2-9-3-7-13(16(17)18)11(14)8-9/h3,7-8,10,12,15H,2,4-6H2,1H3. The third kappa shape index (κ3) is 3.04. The summed E-state index contributed by atoms with van der Waals surface area (Å²) in [5.74, 6) is 0.00262. The van der Waals surface area contributed by atoms with E-state index in [-0.39, 0.29) is 0 Å². The number of nitrogens with one attached hydrogen (secondary N) is 1. The van der Waals surface area contributed by atoms with Gasteiger partial charge in [0.15, 0.2) is 0 Å². The molecule has 0 spiro atoms. The van der Waals surface area contributed by atoms with Gasteiger partial charge < -0.3 is 5.32 Å². The fraction of sp³-hybridized carbons (Fsp3) is 0.538. The minimum absolute atomic E-state index is 0.453. The van der Waals surface area contributed by atoms with Crippen LogP contribution in [0.15, 0.2) is 18.2 Å². The van der Waals surface area contributed by atoms with Gasteiger partial charge in [-0.15, -0.1) is 0 Å². The maximum absolute atomic E-state index is 13.4. The molecule has 1 saturated carbocycles. The quantitative estimate of drug-likeness (QED) is 0.625. The Kier molecular flexibility index (Phi) is 3.91. The molecule has 1 aromatic rings. The number of benzene rings is 1. The van der Waals surface area contributed by atoms with Crippen molar-refractivity contribution >= 4 is 5.69 Å². The normalized spacial score (nSPS) is 16.6. The van der Waals surface area contributed by atoms with Crippen LogP contribution in [-0.2, 0) is 6.42 Å². The van der Waals surface area contributed by atoms with Crippen molar-refractivity contribution in [3.05, 3.63) is 39.7 Å². The lowest BCUT2D eigenvalue weighted by Crippen LogP contribution is -2.27. The summed E-state index contributed by atoms with van der Waals surface area (Å²) in [7, 11) is 1.94. The predicted molar refractivity (Wildman–Crippen MR) is 66.9 cm³/mol. The van der Waals surface area contributed by atoms with Crippen molar-refractivity contribution in [3.63, 3.8) is 0 Å². The lowest BCUT2D eigenvalue weighted by molar-refractivity contribution is -0.387. The van der Waals surface area contributed by atoms with Crippen molar-refractivity contribution in [2.45, 2.75) is 31.7 Å². The molecule has 0 amide bonds. The molecule has 18 heavy (non-hydrogen) atoms. The van der Waals surface area contributed by atoms with Crippen LogP contribution in [-0.4, -0.2) is 18.0 Å². The number of rotatable bonds is 6. The topological polar surface area (TPSA) is 55.2 Å². The van der Waals surface area contributed by atoms with Gasteiger partial charge in [-0.2, -0.15) is 4.39 Å². The van der Waals surface area contributed by atoms with Crippen molar-refractivity contribution in [2.75, 3.05) is 7.05 Å². The molecule has 0 aromatic heterocycles. The minimum Gasteiger partial charge on any atom is -0.317 e. The van der Waals surface area contributed by atoms with Crippen LogP contribution >= 0.6 is 0 Å². The molecule has 5 heteroatoms. The van der Waals surface area contributed by atoms with Gasteiger partial charge in [-0.25, -0.2) is 0 Å². The number of nitro groups is 1. The van der Waals surface area contributed by atoms with Gasteiger partial charge in [0.05, 0.1) is 4.92 Å². The summed E-state index contributed by atoms with van der Waals surface area (Å²) in [4.78, 5) is 9.80. The van der Waals surface area contributed by atoms with Gasteiger partial charge in [-0.05, 0) is 50.3 Å². The van der Waals surface area contributed by atoms with E-state index >= 15 is 0 Å². The van der Waals surface area contributed by atoms with Gasteiger partial charge in [-0.1, -0.05) is 6.07 Å². The molecule has 1 unspecified atom stereocenters. The molecule has 1 atom stereocenters. The van der Waals surface area contributed by atoms with Crippen molar-refractivity contribution in [1.29, 1.82) is 0 Å². The summed E-state index contributed by atoms with van der Waals surface area (Å²) in [5, 5.41) is 13.8. The van der Waals surface area contributed by atoms with Crippen LogP contribution in [0.3, 0.4) is 0 Å². The molecule has 1 N–H and O–H groups in total. The van der Waals surface area contributed by atoms with Crippen LogP contribution in [0.5, 0.6) is 0 Å². The predicted octanol–water partition coefficient (Wildman–Crippen LogP) is 2.66. The third-order valence-electron chi connectivity index (χ3n) is 3.51. The van der Waals surface area contributed by atoms with Gasteiger partial charge in [0.25, 0.3) is 0 Å². The number of halogens is 1. The highest BCUT2D eigenvalue weighted by atomic mass is 19.1. The molecule has 1 aromatic carbocycles. The Morgan fingerprint density at radius 1 is 1.56 bits per heavy atom. The Morgan fingerprint density at radius 3 is 2.78 bits per heavy atom. The van der Waals surface area contributed by atoms with Gasteiger partial charge in [0, 0.05) is 12.1 Å². The number of hydrogen-bond acceptors (Lipinski definition) is 3. The number of nitro benzene ring substituents is 1. The second-order valence-electron chi connectivity index (χ2n) is 4.81. The third-order valence-corrected chi connectivity index (χ3v) is 3.51. The fourth-order valence-corrected chi connectivity index (χ4v) is 2.29. The minimum atomic E-state index is -0.745. The van der Waals surface area contributed by atoms with Crippen LogP contribution in [0.25, 0.3) is 0 Å². The highest BCUT2D eigenvalue weighted by Crippen LogP contribution is 2.34. The first-order valence-corrected chi connectivity index (χ1v) is 6.22. The first kappa shape index (κ1) is 13.0. The summed E-state index contributed by atoms with van der Waals surface area (Å²) in [5.41, 5.74) is 0.366. The summed E-state index contributed by atoms with van der Waals surface area (Å²) in [6, 6.07) is 4.64. The van der Waals surface area contributed by atoms with E-state index in [9.17, 15) is 14.5 Å². The SMILES string of the molecule is CNC(CCc1ccc([N+](=O)[O-])c(F)c1)C1CC1. The zero-order chi connectivity index (χ0) is 13.1. The molecule has 1 aliphatic carbocycles. The zero-order valence-corrected chi connectivity index (χ0v) is 10.4. The highest BCUT2D eigenvalue weighted by molar-refractivity contribution is 5.35. The summed E-state index contributed by atoms with van der Waals surface area (Å²) < 4.78 is 13.4. The fourth-order valence-electron chi connectivity index (χ4n) is 2.29. The van der Waals surface area contributed by atoms with E-state index in [1.54, 1.807) is 6.07 Å². The van der Waals surface area contributed by atoms with Gasteiger partial charge in [0.2, 0.25) is 5.82 Å². The molecule has 4 nitrogen and oxygen atoms in total. The summed E-state index contributed by atoms with van der Waals surface area (Å²) >= 11 is 0. The van der Waals surface area contributed by atoms with Gasteiger partial charge in [-0.3, -0.25) is 10.1 Å². The van der Waals surface area contributed by atoms with E-state index in [4.69, 9.17) is 0 Å². The summed E-state index contributed by atoms with van der Waals surface area (Å²) in [6.45, 7) is 0. The molecule has 0 heterocycles. The Morgan fingerprint density at radius 2 is 2.28 bits per heavy atom.